The number of hydrogen-bond acceptors (Lipinski definition) is 2. The highest BCUT2D eigenvalue weighted by Crippen LogP contribution is 2.57. The number of anilines is 5. The summed E-state index contributed by atoms with van der Waals surface area (Å²) in [6.07, 6.45) is 6.90. The van der Waals surface area contributed by atoms with E-state index in [0.717, 1.165) is 12.8 Å². The second-order valence-corrected chi connectivity index (χ2v) is 18.0. The Kier molecular flexibility index (Phi) is 6.24. The van der Waals surface area contributed by atoms with Gasteiger partial charge >= 0.3 is 0 Å². The first-order chi connectivity index (χ1) is 28.3. The van der Waals surface area contributed by atoms with Gasteiger partial charge in [0.2, 0.25) is 0 Å². The van der Waals surface area contributed by atoms with Crippen molar-refractivity contribution in [3.63, 3.8) is 0 Å². The molecule has 0 N–H and O–H groups in total. The summed E-state index contributed by atoms with van der Waals surface area (Å²) < 4.78 is 2.42. The predicted molar refractivity (Wildman–Crippen MR) is 245 cm³/mol. The molecule has 5 heterocycles. The quantitative estimate of drug-likeness (QED) is 0.163. The summed E-state index contributed by atoms with van der Waals surface area (Å²) in [5.74, 6) is 0. The third-order valence-corrected chi connectivity index (χ3v) is 14.4. The van der Waals surface area contributed by atoms with Crippen LogP contribution in [-0.2, 0) is 10.8 Å². The van der Waals surface area contributed by atoms with Gasteiger partial charge in [-0.15, -0.1) is 0 Å². The number of nitrogens with zero attached hydrogens (tertiary/aromatic N) is 3. The van der Waals surface area contributed by atoms with Crippen LogP contribution in [0.25, 0.3) is 38.6 Å². The van der Waals surface area contributed by atoms with Crippen LogP contribution in [-0.4, -0.2) is 11.3 Å². The highest BCUT2D eigenvalue weighted by atomic mass is 15.2. The van der Waals surface area contributed by atoms with Crippen molar-refractivity contribution in [2.45, 2.75) is 51.4 Å². The molecular formula is C54H42BN3. The van der Waals surface area contributed by atoms with Crippen molar-refractivity contribution in [1.82, 2.24) is 4.57 Å². The van der Waals surface area contributed by atoms with Gasteiger partial charge in [-0.2, -0.15) is 0 Å². The van der Waals surface area contributed by atoms with Crippen LogP contribution >= 0.6 is 0 Å². The third-order valence-electron chi connectivity index (χ3n) is 14.4. The molecule has 276 valence electrons. The summed E-state index contributed by atoms with van der Waals surface area (Å²) in [6, 6.07) is 55.3. The van der Waals surface area contributed by atoms with Crippen LogP contribution in [0.1, 0.15) is 57.2 Å². The number of para-hydroxylation sites is 5. The second kappa shape index (κ2) is 11.1. The maximum Gasteiger partial charge on any atom is 0.252 e. The van der Waals surface area contributed by atoms with Gasteiger partial charge in [-0.3, -0.25) is 0 Å². The molecule has 0 amide bonds. The fraction of sp³-hybridized carbons (Fsp3) is 0.148. The standard InChI is InChI=1S/C54H42BN3/c1-53(2)38-17-7-11-25-46(38)57-48-31-34(33-27-29-35(30-28-33)56-44-23-9-5-15-36(44)37-16-6-10-24-45(37)56)32-49-50(48)55(42-21-13-19-40(53)51(42)57)43-22-14-20-41-52(43)58(49)47-26-12-8-18-39(47)54(41,3)4/h5-11,13-25,27-32H,12,26H2,1-4H3. The van der Waals surface area contributed by atoms with Crippen molar-refractivity contribution in [3.8, 4) is 16.8 Å². The average molecular weight is 744 g/mol. The van der Waals surface area contributed by atoms with Crippen molar-refractivity contribution in [1.29, 1.82) is 0 Å². The van der Waals surface area contributed by atoms with Crippen molar-refractivity contribution in [3.05, 3.63) is 186 Å². The first-order valence-electron chi connectivity index (χ1n) is 21.0. The molecule has 0 radical (unpaired) electrons. The molecule has 0 spiro atoms. The van der Waals surface area contributed by atoms with Gasteiger partial charge in [0.1, 0.15) is 0 Å². The zero-order valence-corrected chi connectivity index (χ0v) is 33.3. The van der Waals surface area contributed by atoms with E-state index in [0.29, 0.717) is 0 Å². The molecule has 1 aliphatic carbocycles. The summed E-state index contributed by atoms with van der Waals surface area (Å²) in [7, 11) is 0. The minimum atomic E-state index is -0.147. The van der Waals surface area contributed by atoms with E-state index < -0.39 is 0 Å². The lowest BCUT2D eigenvalue weighted by Crippen LogP contribution is -2.63. The normalized spacial score (nSPS) is 17.2. The minimum absolute atomic E-state index is 0.105. The predicted octanol–water partition coefficient (Wildman–Crippen LogP) is 11.7. The largest absolute Gasteiger partial charge is 0.315 e. The van der Waals surface area contributed by atoms with Crippen molar-refractivity contribution < 1.29 is 0 Å². The molecule has 58 heavy (non-hydrogen) atoms. The van der Waals surface area contributed by atoms with Gasteiger partial charge in [-0.25, -0.2) is 0 Å². The Balaban J connectivity index is 1.10. The van der Waals surface area contributed by atoms with E-state index >= 15 is 0 Å². The Morgan fingerprint density at radius 1 is 0.517 bits per heavy atom. The van der Waals surface area contributed by atoms with E-state index in [-0.39, 0.29) is 17.5 Å². The molecule has 4 heteroatoms. The number of rotatable bonds is 2. The maximum absolute atomic E-state index is 2.70. The first kappa shape index (κ1) is 32.6. The van der Waals surface area contributed by atoms with Crippen LogP contribution in [0.4, 0.5) is 28.4 Å². The topological polar surface area (TPSA) is 11.4 Å². The van der Waals surface area contributed by atoms with E-state index in [1.165, 1.54) is 111 Å². The van der Waals surface area contributed by atoms with Gasteiger partial charge in [0.05, 0.1) is 16.7 Å². The third kappa shape index (κ3) is 3.96. The zero-order valence-electron chi connectivity index (χ0n) is 33.3. The molecule has 0 saturated heterocycles. The Morgan fingerprint density at radius 2 is 1.10 bits per heavy atom. The lowest BCUT2D eigenvalue weighted by atomic mass is 9.32. The monoisotopic (exact) mass is 743 g/mol. The van der Waals surface area contributed by atoms with E-state index in [1.54, 1.807) is 0 Å². The fourth-order valence-corrected chi connectivity index (χ4v) is 11.7. The smallest absolute Gasteiger partial charge is 0.252 e. The van der Waals surface area contributed by atoms with Crippen LogP contribution in [0.3, 0.4) is 0 Å². The van der Waals surface area contributed by atoms with Gasteiger partial charge in [-0.05, 0) is 105 Å². The molecule has 7 aromatic carbocycles. The van der Waals surface area contributed by atoms with Gasteiger partial charge in [-0.1, -0.05) is 143 Å². The molecule has 3 nitrogen and oxygen atoms in total. The lowest BCUT2D eigenvalue weighted by Gasteiger charge is -2.52. The molecular weight excluding hydrogens is 701 g/mol. The number of benzene rings is 7. The first-order valence-corrected chi connectivity index (χ1v) is 21.0. The molecule has 0 saturated carbocycles. The second-order valence-electron chi connectivity index (χ2n) is 18.0. The van der Waals surface area contributed by atoms with Gasteiger partial charge in [0, 0.05) is 55.7 Å². The lowest BCUT2D eigenvalue weighted by molar-refractivity contribution is 0.604. The van der Waals surface area contributed by atoms with Crippen LogP contribution in [0, 0.1) is 0 Å². The van der Waals surface area contributed by atoms with Crippen molar-refractivity contribution in [2.24, 2.45) is 0 Å². The molecule has 0 fully saturated rings. The number of hydrogen-bond donors (Lipinski definition) is 0. The van der Waals surface area contributed by atoms with Crippen molar-refractivity contribution >= 4 is 73.3 Å². The van der Waals surface area contributed by atoms with Gasteiger partial charge in [0.25, 0.3) is 6.71 Å². The average Bonchev–Trinajstić information content (AvgIpc) is 3.59. The maximum atomic E-state index is 2.70. The molecule has 5 aliphatic rings. The number of allylic oxidation sites excluding steroid dienone is 4. The van der Waals surface area contributed by atoms with E-state index in [2.05, 4.69) is 200 Å². The molecule has 8 aromatic rings. The Hall–Kier alpha value is -6.52. The molecule has 0 unspecified atom stereocenters. The molecule has 4 aliphatic heterocycles. The van der Waals surface area contributed by atoms with Crippen LogP contribution in [0.2, 0.25) is 0 Å². The Morgan fingerprint density at radius 3 is 1.81 bits per heavy atom. The number of fused-ring (bicyclic) bond motifs is 10. The van der Waals surface area contributed by atoms with Crippen LogP contribution in [0.15, 0.2) is 169 Å². The summed E-state index contributed by atoms with van der Waals surface area (Å²) in [6.45, 7) is 9.82. The zero-order chi connectivity index (χ0) is 38.7. The van der Waals surface area contributed by atoms with E-state index in [4.69, 9.17) is 0 Å². The SMILES string of the molecule is CC1(C)C2=C(CCC=C2)N2c3cc(-c4ccc(-n5c6ccccc6c6ccccc65)cc4)cc4c3B(c3cccc1c32)c1cccc2c1N4c1ccccc1C2(C)C. The summed E-state index contributed by atoms with van der Waals surface area (Å²) >= 11 is 0. The molecule has 13 rings (SSSR count). The van der Waals surface area contributed by atoms with Crippen molar-refractivity contribution in [2.75, 3.05) is 9.80 Å². The molecule has 0 bridgehead atoms. The summed E-state index contributed by atoms with van der Waals surface area (Å²) in [5.41, 5.74) is 23.8. The number of aromatic nitrogens is 1. The highest BCUT2D eigenvalue weighted by molar-refractivity contribution is 7.00. The Labute approximate surface area is 340 Å². The van der Waals surface area contributed by atoms with Gasteiger partial charge < -0.3 is 14.4 Å². The minimum Gasteiger partial charge on any atom is -0.315 e. The summed E-state index contributed by atoms with van der Waals surface area (Å²) in [4.78, 5) is 5.34. The molecule has 1 aromatic heterocycles. The van der Waals surface area contributed by atoms with Crippen LogP contribution in [0.5, 0.6) is 0 Å². The fourth-order valence-electron chi connectivity index (χ4n) is 11.7. The van der Waals surface area contributed by atoms with E-state index in [1.807, 2.05) is 0 Å². The highest BCUT2D eigenvalue weighted by Gasteiger charge is 2.51. The molecule has 0 atom stereocenters. The van der Waals surface area contributed by atoms with Crippen LogP contribution < -0.4 is 26.2 Å². The van der Waals surface area contributed by atoms with E-state index in [9.17, 15) is 0 Å². The Bertz CT molecular complexity index is 3140. The summed E-state index contributed by atoms with van der Waals surface area (Å²) in [5, 5.41) is 2.57. The van der Waals surface area contributed by atoms with Gasteiger partial charge in [0.15, 0.2) is 0 Å².